The van der Waals surface area contributed by atoms with Gasteiger partial charge >= 0.3 is 0 Å². The average Bonchev–Trinajstić information content (AvgIpc) is 2.96. The molecular formula is C13H22N2OS. The van der Waals surface area contributed by atoms with Gasteiger partial charge in [-0.2, -0.15) is 17.0 Å². The van der Waals surface area contributed by atoms with Crippen LogP contribution in [0.15, 0.2) is 0 Å². The molecule has 2 fully saturated rings. The molecule has 17 heavy (non-hydrogen) atoms. The summed E-state index contributed by atoms with van der Waals surface area (Å²) in [5.74, 6) is 1.11. The maximum atomic E-state index is 9.30. The minimum atomic E-state index is -0.247. The third-order valence-electron chi connectivity index (χ3n) is 3.74. The Morgan fingerprint density at radius 2 is 2.41 bits per heavy atom. The van der Waals surface area contributed by atoms with Crippen LogP contribution in [0.4, 0.5) is 0 Å². The van der Waals surface area contributed by atoms with E-state index in [9.17, 15) is 5.26 Å². The van der Waals surface area contributed by atoms with Gasteiger partial charge < -0.3 is 4.74 Å². The zero-order valence-corrected chi connectivity index (χ0v) is 11.4. The Bertz CT molecular complexity index is 286. The van der Waals surface area contributed by atoms with Crippen LogP contribution in [0.5, 0.6) is 0 Å². The van der Waals surface area contributed by atoms with Gasteiger partial charge in [-0.15, -0.1) is 0 Å². The number of thioether (sulfide) groups is 1. The van der Waals surface area contributed by atoms with Crippen molar-refractivity contribution in [3.8, 4) is 6.07 Å². The van der Waals surface area contributed by atoms with Crippen molar-refractivity contribution in [1.29, 1.82) is 5.26 Å². The van der Waals surface area contributed by atoms with Gasteiger partial charge in [-0.3, -0.25) is 5.32 Å². The third-order valence-corrected chi connectivity index (χ3v) is 5.18. The summed E-state index contributed by atoms with van der Waals surface area (Å²) in [6, 6.07) is 2.48. The number of hydrogen-bond donors (Lipinski definition) is 1. The van der Waals surface area contributed by atoms with E-state index in [1.165, 1.54) is 12.8 Å². The molecule has 2 aliphatic rings. The van der Waals surface area contributed by atoms with Crippen LogP contribution >= 0.6 is 11.8 Å². The molecule has 3 nitrogen and oxygen atoms in total. The maximum absolute atomic E-state index is 9.30. The number of nitrogens with zero attached hydrogens (tertiary/aromatic N) is 1. The molecule has 4 heteroatoms. The number of rotatable bonds is 5. The Morgan fingerprint density at radius 3 is 3.06 bits per heavy atom. The molecule has 1 aliphatic heterocycles. The second-order valence-electron chi connectivity index (χ2n) is 5.06. The molecule has 3 unspecified atom stereocenters. The summed E-state index contributed by atoms with van der Waals surface area (Å²) < 4.78 is 5.64. The molecule has 0 bridgehead atoms. The fourth-order valence-corrected chi connectivity index (χ4v) is 4.24. The van der Waals surface area contributed by atoms with Gasteiger partial charge in [0, 0.05) is 17.6 Å². The van der Waals surface area contributed by atoms with E-state index < -0.39 is 0 Å². The largest absolute Gasteiger partial charge is 0.377 e. The van der Waals surface area contributed by atoms with Crippen LogP contribution in [-0.4, -0.2) is 35.8 Å². The number of nitriles is 1. The molecule has 0 amide bonds. The Balaban J connectivity index is 1.75. The van der Waals surface area contributed by atoms with Crippen molar-refractivity contribution in [2.75, 3.05) is 18.9 Å². The van der Waals surface area contributed by atoms with Gasteiger partial charge in [0.15, 0.2) is 0 Å². The monoisotopic (exact) mass is 254 g/mol. The fraction of sp³-hybridized carbons (Fsp3) is 0.923. The number of nitrogens with one attached hydrogen (secondary N) is 1. The number of hydrogen-bond acceptors (Lipinski definition) is 4. The van der Waals surface area contributed by atoms with Crippen LogP contribution in [0.25, 0.3) is 0 Å². The van der Waals surface area contributed by atoms with Crippen molar-refractivity contribution in [3.05, 3.63) is 0 Å². The SMILES string of the molecule is CCNC1(C#N)CCC(SCC2CCCO2)C1. The zero-order valence-electron chi connectivity index (χ0n) is 10.6. The molecule has 0 aromatic carbocycles. The predicted molar refractivity (Wildman–Crippen MR) is 71.1 cm³/mol. The van der Waals surface area contributed by atoms with E-state index in [0.717, 1.165) is 38.2 Å². The molecule has 3 atom stereocenters. The predicted octanol–water partition coefficient (Wildman–Crippen LogP) is 2.32. The Kier molecular flexibility index (Phi) is 4.72. The lowest BCUT2D eigenvalue weighted by atomic mass is 10.0. The van der Waals surface area contributed by atoms with Crippen LogP contribution in [0.2, 0.25) is 0 Å². The van der Waals surface area contributed by atoms with E-state index >= 15 is 0 Å². The topological polar surface area (TPSA) is 45.0 Å². The van der Waals surface area contributed by atoms with Crippen molar-refractivity contribution < 1.29 is 4.74 Å². The molecular weight excluding hydrogens is 232 g/mol. The average molecular weight is 254 g/mol. The van der Waals surface area contributed by atoms with Crippen LogP contribution < -0.4 is 5.32 Å². The number of ether oxygens (including phenoxy) is 1. The van der Waals surface area contributed by atoms with Crippen LogP contribution in [0.3, 0.4) is 0 Å². The highest BCUT2D eigenvalue weighted by Gasteiger charge is 2.39. The molecule has 0 aromatic rings. The first-order valence-electron chi connectivity index (χ1n) is 6.67. The molecule has 0 radical (unpaired) electrons. The standard InChI is InChI=1S/C13H22N2OS/c1-2-15-13(10-14)6-5-12(8-13)17-9-11-4-3-7-16-11/h11-12,15H,2-9H2,1H3. The van der Waals surface area contributed by atoms with E-state index in [1.54, 1.807) is 0 Å². The highest BCUT2D eigenvalue weighted by molar-refractivity contribution is 7.99. The van der Waals surface area contributed by atoms with E-state index in [2.05, 4.69) is 18.3 Å². The van der Waals surface area contributed by atoms with Crippen molar-refractivity contribution in [2.45, 2.75) is 55.9 Å². The van der Waals surface area contributed by atoms with Crippen LogP contribution in [-0.2, 0) is 4.74 Å². The van der Waals surface area contributed by atoms with Gasteiger partial charge in [-0.1, -0.05) is 6.92 Å². The second kappa shape index (κ2) is 6.08. The summed E-state index contributed by atoms with van der Waals surface area (Å²) >= 11 is 2.01. The van der Waals surface area contributed by atoms with Gasteiger partial charge in [0.2, 0.25) is 0 Å². The van der Waals surface area contributed by atoms with Gasteiger partial charge in [0.1, 0.15) is 5.54 Å². The minimum absolute atomic E-state index is 0.247. The van der Waals surface area contributed by atoms with Crippen molar-refractivity contribution >= 4 is 11.8 Å². The van der Waals surface area contributed by atoms with E-state index in [4.69, 9.17) is 4.74 Å². The first-order chi connectivity index (χ1) is 8.28. The lowest BCUT2D eigenvalue weighted by Crippen LogP contribution is -2.41. The summed E-state index contributed by atoms with van der Waals surface area (Å²) in [7, 11) is 0. The Labute approximate surface area is 108 Å². The highest BCUT2D eigenvalue weighted by atomic mass is 32.2. The lowest BCUT2D eigenvalue weighted by Gasteiger charge is -2.22. The summed E-state index contributed by atoms with van der Waals surface area (Å²) in [6.07, 6.45) is 6.06. The smallest absolute Gasteiger partial charge is 0.107 e. The van der Waals surface area contributed by atoms with Crippen molar-refractivity contribution in [2.24, 2.45) is 0 Å². The summed E-state index contributed by atoms with van der Waals surface area (Å²) in [4.78, 5) is 0. The van der Waals surface area contributed by atoms with Gasteiger partial charge in [-0.25, -0.2) is 0 Å². The maximum Gasteiger partial charge on any atom is 0.107 e. The van der Waals surface area contributed by atoms with Crippen molar-refractivity contribution in [3.63, 3.8) is 0 Å². The quantitative estimate of drug-likeness (QED) is 0.818. The Morgan fingerprint density at radius 1 is 1.53 bits per heavy atom. The molecule has 1 N–H and O–H groups in total. The summed E-state index contributed by atoms with van der Waals surface area (Å²) in [6.45, 7) is 3.90. The van der Waals surface area contributed by atoms with Gasteiger partial charge in [-0.05, 0) is 38.6 Å². The third kappa shape index (κ3) is 3.37. The second-order valence-corrected chi connectivity index (χ2v) is 6.39. The van der Waals surface area contributed by atoms with Gasteiger partial charge in [0.25, 0.3) is 0 Å². The minimum Gasteiger partial charge on any atom is -0.377 e. The molecule has 1 saturated carbocycles. The summed E-state index contributed by atoms with van der Waals surface area (Å²) in [5, 5.41) is 13.3. The lowest BCUT2D eigenvalue weighted by molar-refractivity contribution is 0.129. The van der Waals surface area contributed by atoms with E-state index in [-0.39, 0.29) is 5.54 Å². The van der Waals surface area contributed by atoms with Crippen LogP contribution in [0.1, 0.15) is 39.0 Å². The van der Waals surface area contributed by atoms with Crippen molar-refractivity contribution in [1.82, 2.24) is 5.32 Å². The zero-order chi connectivity index (χ0) is 12.1. The molecule has 1 heterocycles. The molecule has 1 saturated heterocycles. The Hall–Kier alpha value is -0.240. The normalized spacial score (nSPS) is 37.2. The first-order valence-corrected chi connectivity index (χ1v) is 7.72. The molecule has 0 spiro atoms. The molecule has 2 rings (SSSR count). The van der Waals surface area contributed by atoms with Gasteiger partial charge in [0.05, 0.1) is 12.2 Å². The molecule has 1 aliphatic carbocycles. The summed E-state index contributed by atoms with van der Waals surface area (Å²) in [5.41, 5.74) is -0.247. The molecule has 0 aromatic heterocycles. The molecule has 96 valence electrons. The van der Waals surface area contributed by atoms with E-state index in [0.29, 0.717) is 11.4 Å². The van der Waals surface area contributed by atoms with E-state index in [1.807, 2.05) is 11.8 Å². The highest BCUT2D eigenvalue weighted by Crippen LogP contribution is 2.37. The van der Waals surface area contributed by atoms with Crippen LogP contribution in [0, 0.1) is 11.3 Å². The fourth-order valence-electron chi connectivity index (χ4n) is 2.80. The first kappa shape index (κ1) is 13.2.